The lowest BCUT2D eigenvalue weighted by Crippen LogP contribution is -2.01. The minimum atomic E-state index is 0.190. The van der Waals surface area contributed by atoms with Gasteiger partial charge in [-0.25, -0.2) is 4.98 Å². The smallest absolute Gasteiger partial charge is 0.148 e. The third-order valence-electron chi connectivity index (χ3n) is 5.27. The number of nitrogens with zero attached hydrogens (tertiary/aromatic N) is 2. The topological polar surface area (TPSA) is 38.0 Å². The van der Waals surface area contributed by atoms with Crippen LogP contribution in [0.2, 0.25) is 10.0 Å². The second-order valence-electron chi connectivity index (χ2n) is 7.31. The molecule has 0 radical (unpaired) electrons. The molecule has 3 nitrogen and oxygen atoms in total. The van der Waals surface area contributed by atoms with E-state index >= 15 is 0 Å². The Hall–Kier alpha value is -3.53. The Morgan fingerprint density at radius 1 is 0.625 bits per heavy atom. The van der Waals surface area contributed by atoms with Gasteiger partial charge in [-0.05, 0) is 36.4 Å². The van der Waals surface area contributed by atoms with Crippen LogP contribution in [0.5, 0.6) is 5.75 Å². The number of rotatable bonds is 4. The molecule has 5 heteroatoms. The van der Waals surface area contributed by atoms with Gasteiger partial charge in [-0.15, -0.1) is 0 Å². The zero-order valence-electron chi connectivity index (χ0n) is 16.9. The van der Waals surface area contributed by atoms with Crippen molar-refractivity contribution < 1.29 is 5.11 Å². The Balaban J connectivity index is 1.93. The predicted octanol–water partition coefficient (Wildman–Crippen LogP) is 7.89. The van der Waals surface area contributed by atoms with E-state index in [0.717, 1.165) is 28.2 Å². The normalized spacial score (nSPS) is 10.9. The van der Waals surface area contributed by atoms with Crippen LogP contribution in [-0.4, -0.2) is 14.7 Å². The van der Waals surface area contributed by atoms with Crippen LogP contribution >= 0.6 is 23.2 Å². The molecular formula is C27H18Cl2N2O. The summed E-state index contributed by atoms with van der Waals surface area (Å²) in [6.45, 7) is 0. The lowest BCUT2D eigenvalue weighted by molar-refractivity contribution is 0.475. The van der Waals surface area contributed by atoms with Crippen LogP contribution in [0.3, 0.4) is 0 Å². The quantitative estimate of drug-likeness (QED) is 0.298. The maximum atomic E-state index is 9.88. The van der Waals surface area contributed by atoms with E-state index in [1.807, 2.05) is 83.4 Å². The third kappa shape index (κ3) is 3.66. The Bertz CT molecular complexity index is 1360. The largest absolute Gasteiger partial charge is 0.508 e. The van der Waals surface area contributed by atoms with Crippen molar-refractivity contribution in [3.05, 3.63) is 113 Å². The van der Waals surface area contributed by atoms with Crippen molar-refractivity contribution in [3.63, 3.8) is 0 Å². The van der Waals surface area contributed by atoms with E-state index in [4.69, 9.17) is 28.2 Å². The highest BCUT2D eigenvalue weighted by atomic mass is 35.5. The van der Waals surface area contributed by atoms with Gasteiger partial charge in [-0.1, -0.05) is 89.9 Å². The molecule has 0 amide bonds. The summed E-state index contributed by atoms with van der Waals surface area (Å²) in [5.41, 5.74) is 5.20. The van der Waals surface area contributed by atoms with Gasteiger partial charge in [0.15, 0.2) is 0 Å². The molecule has 0 aliphatic rings. The molecule has 1 aromatic heterocycles. The predicted molar refractivity (Wildman–Crippen MR) is 132 cm³/mol. The fourth-order valence-corrected chi connectivity index (χ4v) is 4.38. The number of imidazole rings is 1. The van der Waals surface area contributed by atoms with Crippen LogP contribution in [0, 0.1) is 0 Å². The molecule has 0 bridgehead atoms. The number of benzene rings is 4. The molecule has 32 heavy (non-hydrogen) atoms. The van der Waals surface area contributed by atoms with Crippen molar-refractivity contribution in [1.29, 1.82) is 0 Å². The maximum absolute atomic E-state index is 9.88. The van der Waals surface area contributed by atoms with E-state index in [2.05, 4.69) is 12.1 Å². The van der Waals surface area contributed by atoms with E-state index in [1.54, 1.807) is 12.1 Å². The summed E-state index contributed by atoms with van der Waals surface area (Å²) in [4.78, 5) is 5.08. The minimum absolute atomic E-state index is 0.190. The van der Waals surface area contributed by atoms with Crippen LogP contribution in [-0.2, 0) is 0 Å². The molecule has 0 aliphatic carbocycles. The van der Waals surface area contributed by atoms with Crippen LogP contribution < -0.4 is 0 Å². The second-order valence-corrected chi connectivity index (χ2v) is 8.13. The number of hydrogen-bond acceptors (Lipinski definition) is 2. The second kappa shape index (κ2) is 8.54. The number of halogens is 2. The first-order chi connectivity index (χ1) is 15.6. The number of phenolic OH excluding ortho intramolecular Hbond substituents is 1. The molecule has 156 valence electrons. The van der Waals surface area contributed by atoms with E-state index in [1.165, 1.54) is 0 Å². The molecule has 0 unspecified atom stereocenters. The van der Waals surface area contributed by atoms with Crippen LogP contribution in [0.4, 0.5) is 0 Å². The molecule has 4 aromatic carbocycles. The minimum Gasteiger partial charge on any atom is -0.508 e. The first-order valence-electron chi connectivity index (χ1n) is 10.1. The molecule has 5 rings (SSSR count). The molecule has 0 fully saturated rings. The van der Waals surface area contributed by atoms with E-state index in [0.29, 0.717) is 21.4 Å². The van der Waals surface area contributed by atoms with Crippen LogP contribution in [0.25, 0.3) is 39.6 Å². The average molecular weight is 457 g/mol. The summed E-state index contributed by atoms with van der Waals surface area (Å²) < 4.78 is 2.05. The van der Waals surface area contributed by atoms with Gasteiger partial charge in [-0.2, -0.15) is 0 Å². The van der Waals surface area contributed by atoms with E-state index in [-0.39, 0.29) is 5.75 Å². The van der Waals surface area contributed by atoms with Gasteiger partial charge in [0.1, 0.15) is 11.6 Å². The Kier molecular flexibility index (Phi) is 5.44. The summed E-state index contributed by atoms with van der Waals surface area (Å²) in [5.74, 6) is 0.819. The summed E-state index contributed by atoms with van der Waals surface area (Å²) in [6.07, 6.45) is 0. The summed E-state index contributed by atoms with van der Waals surface area (Å²) in [5, 5.41) is 10.9. The van der Waals surface area contributed by atoms with Gasteiger partial charge in [0.25, 0.3) is 0 Å². The average Bonchev–Trinajstić information content (AvgIpc) is 3.21. The molecular weight excluding hydrogens is 439 g/mol. The van der Waals surface area contributed by atoms with Gasteiger partial charge in [-0.3, -0.25) is 4.57 Å². The number of phenols is 1. The third-order valence-corrected chi connectivity index (χ3v) is 5.90. The summed E-state index contributed by atoms with van der Waals surface area (Å²) in [6, 6.07) is 32.6. The van der Waals surface area contributed by atoms with Crippen LogP contribution in [0.15, 0.2) is 103 Å². The number of hydrogen-bond donors (Lipinski definition) is 1. The number of aromatic hydroxyl groups is 1. The summed E-state index contributed by atoms with van der Waals surface area (Å²) in [7, 11) is 0. The highest BCUT2D eigenvalue weighted by Gasteiger charge is 2.24. The fourth-order valence-electron chi connectivity index (χ4n) is 3.81. The summed E-state index contributed by atoms with van der Waals surface area (Å²) >= 11 is 13.2. The molecule has 0 atom stereocenters. The van der Waals surface area contributed by atoms with Crippen molar-refractivity contribution in [2.75, 3.05) is 0 Å². The van der Waals surface area contributed by atoms with Crippen molar-refractivity contribution in [2.45, 2.75) is 0 Å². The molecule has 1 N–H and O–H groups in total. The first kappa shape index (κ1) is 20.4. The zero-order chi connectivity index (χ0) is 22.1. The monoisotopic (exact) mass is 456 g/mol. The van der Waals surface area contributed by atoms with Gasteiger partial charge >= 0.3 is 0 Å². The van der Waals surface area contributed by atoms with Crippen LogP contribution in [0.1, 0.15) is 0 Å². The lowest BCUT2D eigenvalue weighted by Gasteiger charge is -2.15. The van der Waals surface area contributed by atoms with Crippen molar-refractivity contribution in [3.8, 4) is 45.3 Å². The first-order valence-corrected chi connectivity index (χ1v) is 10.9. The molecule has 0 saturated heterocycles. The van der Waals surface area contributed by atoms with Crippen molar-refractivity contribution in [2.24, 2.45) is 0 Å². The van der Waals surface area contributed by atoms with Gasteiger partial charge < -0.3 is 5.11 Å². The fraction of sp³-hybridized carbons (Fsp3) is 0. The van der Waals surface area contributed by atoms with Crippen molar-refractivity contribution >= 4 is 23.2 Å². The highest BCUT2D eigenvalue weighted by molar-refractivity contribution is 6.39. The standard InChI is InChI=1S/C27H18Cl2N2O/c28-22-12-7-13-23(29)24(22)27-30-25(18-8-3-1-4-9-18)26(19-10-5-2-6-11-19)31(27)20-14-16-21(32)17-15-20/h1-17,32H. The molecule has 0 saturated carbocycles. The van der Waals surface area contributed by atoms with Gasteiger partial charge in [0.05, 0.1) is 27.0 Å². The molecule has 1 heterocycles. The van der Waals surface area contributed by atoms with Gasteiger partial charge in [0, 0.05) is 16.8 Å². The highest BCUT2D eigenvalue weighted by Crippen LogP contribution is 2.42. The Morgan fingerprint density at radius 3 is 1.78 bits per heavy atom. The lowest BCUT2D eigenvalue weighted by atomic mass is 10.0. The van der Waals surface area contributed by atoms with E-state index in [9.17, 15) is 5.11 Å². The number of aromatic nitrogens is 2. The van der Waals surface area contributed by atoms with E-state index < -0.39 is 0 Å². The Labute approximate surface area is 196 Å². The maximum Gasteiger partial charge on any atom is 0.148 e. The molecule has 5 aromatic rings. The molecule has 0 spiro atoms. The zero-order valence-corrected chi connectivity index (χ0v) is 18.4. The SMILES string of the molecule is Oc1ccc(-n2c(-c3c(Cl)cccc3Cl)nc(-c3ccccc3)c2-c2ccccc2)cc1. The Morgan fingerprint density at radius 2 is 1.19 bits per heavy atom. The van der Waals surface area contributed by atoms with Crippen molar-refractivity contribution in [1.82, 2.24) is 9.55 Å². The molecule has 0 aliphatic heterocycles. The van der Waals surface area contributed by atoms with Gasteiger partial charge in [0.2, 0.25) is 0 Å².